The number of hydrogen-bond donors (Lipinski definition) is 0. The first-order chi connectivity index (χ1) is 8.84. The average Bonchev–Trinajstić information content (AvgIpc) is 2.83. The van der Waals surface area contributed by atoms with E-state index in [-0.39, 0.29) is 6.10 Å². The van der Waals surface area contributed by atoms with Gasteiger partial charge in [0.25, 0.3) is 0 Å². The molecule has 1 aromatic carbocycles. The lowest BCUT2D eigenvalue weighted by molar-refractivity contribution is 0.234. The molecular weight excluding hydrogens is 246 g/mol. The van der Waals surface area contributed by atoms with Crippen LogP contribution >= 0.6 is 0 Å². The van der Waals surface area contributed by atoms with E-state index >= 15 is 0 Å². The maximum Gasteiger partial charge on any atom is 0.238 e. The second kappa shape index (κ2) is 5.51. The fourth-order valence-electron chi connectivity index (χ4n) is 2.88. The van der Waals surface area contributed by atoms with Crippen LogP contribution in [0.2, 0.25) is 0 Å². The molecule has 1 aromatic rings. The second-order valence-corrected chi connectivity index (χ2v) is 6.20. The Morgan fingerprint density at radius 3 is 2.56 bits per heavy atom. The van der Waals surface area contributed by atoms with Gasteiger partial charge in [0.15, 0.2) is 0 Å². The first kappa shape index (κ1) is 12.3. The first-order valence-corrected chi connectivity index (χ1v) is 7.78. The normalized spacial score (nSPS) is 30.7. The van der Waals surface area contributed by atoms with Crippen molar-refractivity contribution in [3.8, 4) is 0 Å². The Morgan fingerprint density at radius 2 is 1.83 bits per heavy atom. The molecule has 1 heterocycles. The molecule has 1 aliphatic carbocycles. The third kappa shape index (κ3) is 2.51. The van der Waals surface area contributed by atoms with Crippen LogP contribution in [0.3, 0.4) is 0 Å². The van der Waals surface area contributed by atoms with Crippen LogP contribution in [0, 0.1) is 0 Å². The molecule has 2 fully saturated rings. The largest absolute Gasteiger partial charge is 0.268 e. The highest BCUT2D eigenvalue weighted by molar-refractivity contribution is 7.78. The van der Waals surface area contributed by atoms with Crippen molar-refractivity contribution >= 4 is 11.3 Å². The van der Waals surface area contributed by atoms with Crippen LogP contribution in [0.5, 0.6) is 0 Å². The molecular formula is C14H19NO2S. The van der Waals surface area contributed by atoms with Crippen LogP contribution in [0.4, 0.5) is 0 Å². The summed E-state index contributed by atoms with van der Waals surface area (Å²) in [5, 5.41) is 0. The smallest absolute Gasteiger partial charge is 0.238 e. The Morgan fingerprint density at radius 1 is 1.11 bits per heavy atom. The maximum atomic E-state index is 12.1. The molecule has 18 heavy (non-hydrogen) atoms. The minimum absolute atomic E-state index is 0.0334. The Kier molecular flexibility index (Phi) is 3.77. The van der Waals surface area contributed by atoms with Gasteiger partial charge in [-0.15, -0.1) is 0 Å². The van der Waals surface area contributed by atoms with Gasteiger partial charge >= 0.3 is 0 Å². The van der Waals surface area contributed by atoms with E-state index in [4.69, 9.17) is 4.18 Å². The molecule has 2 atom stereocenters. The van der Waals surface area contributed by atoms with Crippen LogP contribution in [-0.4, -0.2) is 21.1 Å². The molecule has 2 unspecified atom stereocenters. The van der Waals surface area contributed by atoms with E-state index in [0.717, 1.165) is 24.9 Å². The predicted octanol–water partition coefficient (Wildman–Crippen LogP) is 2.97. The molecule has 2 aliphatic rings. The van der Waals surface area contributed by atoms with Crippen molar-refractivity contribution in [1.29, 1.82) is 0 Å². The van der Waals surface area contributed by atoms with Crippen LogP contribution in [0.15, 0.2) is 30.3 Å². The zero-order valence-corrected chi connectivity index (χ0v) is 11.3. The zero-order chi connectivity index (χ0) is 12.4. The summed E-state index contributed by atoms with van der Waals surface area (Å²) in [5.41, 5.74) is 1.13. The minimum Gasteiger partial charge on any atom is -0.268 e. The van der Waals surface area contributed by atoms with Crippen molar-refractivity contribution in [3.05, 3.63) is 35.9 Å². The third-order valence-electron chi connectivity index (χ3n) is 3.89. The topological polar surface area (TPSA) is 29.5 Å². The SMILES string of the molecule is O=S1OC(c2ccccc2)CN1C1CCCCC1. The summed E-state index contributed by atoms with van der Waals surface area (Å²) in [5.74, 6) is 0. The Balaban J connectivity index is 1.70. The lowest BCUT2D eigenvalue weighted by Gasteiger charge is -2.27. The summed E-state index contributed by atoms with van der Waals surface area (Å²) >= 11 is -1.26. The van der Waals surface area contributed by atoms with Crippen molar-refractivity contribution < 1.29 is 8.39 Å². The quantitative estimate of drug-likeness (QED) is 0.822. The standard InChI is InChI=1S/C14H19NO2S/c16-18-15(13-9-5-2-6-10-13)11-14(17-18)12-7-3-1-4-8-12/h1,3-4,7-8,13-14H,2,5-6,9-11H2. The molecule has 0 aromatic heterocycles. The monoisotopic (exact) mass is 265 g/mol. The fraction of sp³-hybridized carbons (Fsp3) is 0.571. The van der Waals surface area contributed by atoms with Gasteiger partial charge in [0.2, 0.25) is 11.3 Å². The van der Waals surface area contributed by atoms with E-state index in [1.165, 1.54) is 19.3 Å². The Bertz CT molecular complexity index is 417. The Labute approximate surface area is 111 Å². The molecule has 0 N–H and O–H groups in total. The van der Waals surface area contributed by atoms with Gasteiger partial charge in [-0.05, 0) is 18.4 Å². The highest BCUT2D eigenvalue weighted by atomic mass is 32.2. The van der Waals surface area contributed by atoms with Crippen LogP contribution in [-0.2, 0) is 15.4 Å². The lowest BCUT2D eigenvalue weighted by atomic mass is 9.95. The van der Waals surface area contributed by atoms with Crippen molar-refractivity contribution in [3.63, 3.8) is 0 Å². The van der Waals surface area contributed by atoms with E-state index in [1.54, 1.807) is 0 Å². The summed E-state index contributed by atoms with van der Waals surface area (Å²) < 4.78 is 19.7. The first-order valence-electron chi connectivity index (χ1n) is 6.75. The van der Waals surface area contributed by atoms with Crippen molar-refractivity contribution in [2.75, 3.05) is 6.54 Å². The van der Waals surface area contributed by atoms with Crippen LogP contribution in [0.1, 0.15) is 43.8 Å². The molecule has 1 saturated heterocycles. The number of nitrogens with zero attached hydrogens (tertiary/aromatic N) is 1. The van der Waals surface area contributed by atoms with E-state index in [1.807, 2.05) is 30.3 Å². The molecule has 0 amide bonds. The molecule has 0 bridgehead atoms. The van der Waals surface area contributed by atoms with Crippen molar-refractivity contribution in [1.82, 2.24) is 4.31 Å². The summed E-state index contributed by atoms with van der Waals surface area (Å²) in [7, 11) is 0. The van der Waals surface area contributed by atoms with Gasteiger partial charge in [0, 0.05) is 12.6 Å². The van der Waals surface area contributed by atoms with Crippen molar-refractivity contribution in [2.24, 2.45) is 0 Å². The summed E-state index contributed by atoms with van der Waals surface area (Å²) in [6.45, 7) is 0.765. The molecule has 3 nitrogen and oxygen atoms in total. The molecule has 4 heteroatoms. The minimum atomic E-state index is -1.26. The summed E-state index contributed by atoms with van der Waals surface area (Å²) in [6, 6.07) is 10.6. The number of rotatable bonds is 2. The van der Waals surface area contributed by atoms with Gasteiger partial charge in [0.05, 0.1) is 0 Å². The molecule has 98 valence electrons. The van der Waals surface area contributed by atoms with E-state index < -0.39 is 11.3 Å². The summed E-state index contributed by atoms with van der Waals surface area (Å²) in [4.78, 5) is 0. The Hall–Kier alpha value is -0.710. The van der Waals surface area contributed by atoms with E-state index in [2.05, 4.69) is 4.31 Å². The van der Waals surface area contributed by atoms with Gasteiger partial charge in [0.1, 0.15) is 6.10 Å². The maximum absolute atomic E-state index is 12.1. The van der Waals surface area contributed by atoms with Gasteiger partial charge in [-0.1, -0.05) is 49.6 Å². The van der Waals surface area contributed by atoms with Crippen LogP contribution in [0.25, 0.3) is 0 Å². The number of benzene rings is 1. The van der Waals surface area contributed by atoms with Gasteiger partial charge in [-0.3, -0.25) is 4.18 Å². The predicted molar refractivity (Wildman–Crippen MR) is 72.0 cm³/mol. The van der Waals surface area contributed by atoms with Gasteiger partial charge in [-0.2, -0.15) is 4.31 Å². The molecule has 0 spiro atoms. The summed E-state index contributed by atoms with van der Waals surface area (Å²) in [6.07, 6.45) is 6.13. The number of hydrogen-bond acceptors (Lipinski definition) is 2. The van der Waals surface area contributed by atoms with E-state index in [0.29, 0.717) is 6.04 Å². The average molecular weight is 265 g/mol. The van der Waals surface area contributed by atoms with Crippen LogP contribution < -0.4 is 0 Å². The molecule has 0 radical (unpaired) electrons. The highest BCUT2D eigenvalue weighted by Crippen LogP contribution is 2.33. The zero-order valence-electron chi connectivity index (χ0n) is 10.5. The van der Waals surface area contributed by atoms with E-state index in [9.17, 15) is 4.21 Å². The third-order valence-corrected chi connectivity index (χ3v) is 5.12. The fourth-order valence-corrected chi connectivity index (χ4v) is 4.07. The molecule has 3 rings (SSSR count). The van der Waals surface area contributed by atoms with Crippen molar-refractivity contribution in [2.45, 2.75) is 44.2 Å². The lowest BCUT2D eigenvalue weighted by Crippen LogP contribution is -2.35. The molecule has 1 saturated carbocycles. The second-order valence-electron chi connectivity index (χ2n) is 5.10. The highest BCUT2D eigenvalue weighted by Gasteiger charge is 2.36. The van der Waals surface area contributed by atoms with Gasteiger partial charge in [-0.25, -0.2) is 4.21 Å². The van der Waals surface area contributed by atoms with Gasteiger partial charge < -0.3 is 0 Å². The molecule has 1 aliphatic heterocycles.